The van der Waals surface area contributed by atoms with Crippen molar-refractivity contribution in [3.05, 3.63) is 77.1 Å². The molecule has 44 heavy (non-hydrogen) atoms. The summed E-state index contributed by atoms with van der Waals surface area (Å²) in [7, 11) is -0.369. The fourth-order valence-corrected chi connectivity index (χ4v) is 6.00. The Balaban J connectivity index is 2.13. The predicted molar refractivity (Wildman–Crippen MR) is 166 cm³/mol. The Bertz CT molecular complexity index is 1570. The van der Waals surface area contributed by atoms with Crippen LogP contribution in [0.25, 0.3) is 0 Å². The van der Waals surface area contributed by atoms with Crippen LogP contribution in [0.2, 0.25) is 5.02 Å². The lowest BCUT2D eigenvalue weighted by molar-refractivity contribution is -0.139. The Labute approximate surface area is 262 Å². The average Bonchev–Trinajstić information content (AvgIpc) is 3.02. The lowest BCUT2D eigenvalue weighted by Gasteiger charge is -2.32. The third-order valence-corrected chi connectivity index (χ3v) is 8.92. The number of nitrogens with one attached hydrogen (secondary N) is 1. The van der Waals surface area contributed by atoms with E-state index >= 15 is 0 Å². The molecule has 0 saturated heterocycles. The molecule has 1 atom stereocenters. The van der Waals surface area contributed by atoms with E-state index in [2.05, 4.69) is 5.32 Å². The standard InChI is InChI=1S/C31H37ClFN3O7S/c1-6-7-16-34-31(38)21(2)35(19-22-10-8-9-11-25(22)33)30(37)20-36(26-17-23(32)12-14-27(26)41-3)44(39,40)24-13-15-28(42-4)29(18-24)43-5/h8-15,17-18,21H,6-7,16,19-20H2,1-5H3,(H,34,38)/t21-/m1/s1. The van der Waals surface area contributed by atoms with E-state index < -0.39 is 40.2 Å². The van der Waals surface area contributed by atoms with Gasteiger partial charge in [-0.3, -0.25) is 13.9 Å². The highest BCUT2D eigenvalue weighted by atomic mass is 35.5. The third kappa shape index (κ3) is 8.11. The van der Waals surface area contributed by atoms with Gasteiger partial charge in [0, 0.05) is 29.7 Å². The lowest BCUT2D eigenvalue weighted by Crippen LogP contribution is -2.51. The number of methoxy groups -OCH3 is 3. The number of ether oxygens (including phenoxy) is 3. The first-order valence-electron chi connectivity index (χ1n) is 13.9. The maximum Gasteiger partial charge on any atom is 0.265 e. The largest absolute Gasteiger partial charge is 0.495 e. The molecule has 0 fully saturated rings. The number of nitrogens with zero attached hydrogens (tertiary/aromatic N) is 2. The Morgan fingerprint density at radius 2 is 1.61 bits per heavy atom. The second-order valence-corrected chi connectivity index (χ2v) is 12.1. The summed E-state index contributed by atoms with van der Waals surface area (Å²) in [6.45, 7) is 2.81. The Morgan fingerprint density at radius 3 is 2.25 bits per heavy atom. The summed E-state index contributed by atoms with van der Waals surface area (Å²) < 4.78 is 60.1. The van der Waals surface area contributed by atoms with Crippen molar-refractivity contribution >= 4 is 39.1 Å². The zero-order chi connectivity index (χ0) is 32.4. The minimum absolute atomic E-state index is 0.0194. The van der Waals surface area contributed by atoms with Crippen molar-refractivity contribution in [2.45, 2.75) is 44.2 Å². The number of benzene rings is 3. The molecule has 0 saturated carbocycles. The molecule has 10 nitrogen and oxygen atoms in total. The number of rotatable bonds is 15. The number of hydrogen-bond acceptors (Lipinski definition) is 7. The van der Waals surface area contributed by atoms with Crippen molar-refractivity contribution in [3.8, 4) is 17.2 Å². The van der Waals surface area contributed by atoms with E-state index in [4.69, 9.17) is 25.8 Å². The van der Waals surface area contributed by atoms with E-state index in [1.807, 2.05) is 6.92 Å². The molecule has 0 unspecified atom stereocenters. The minimum Gasteiger partial charge on any atom is -0.495 e. The van der Waals surface area contributed by atoms with Crippen LogP contribution >= 0.6 is 11.6 Å². The van der Waals surface area contributed by atoms with E-state index in [1.165, 1.54) is 82.9 Å². The van der Waals surface area contributed by atoms with Crippen molar-refractivity contribution in [2.24, 2.45) is 0 Å². The first kappa shape index (κ1) is 34.5. The van der Waals surface area contributed by atoms with Gasteiger partial charge in [-0.2, -0.15) is 0 Å². The van der Waals surface area contributed by atoms with Crippen LogP contribution in [0.5, 0.6) is 17.2 Å². The van der Waals surface area contributed by atoms with Gasteiger partial charge in [-0.25, -0.2) is 12.8 Å². The molecule has 1 N–H and O–H groups in total. The molecule has 0 radical (unpaired) electrons. The maximum absolute atomic E-state index is 14.7. The number of anilines is 1. The summed E-state index contributed by atoms with van der Waals surface area (Å²) >= 11 is 6.27. The molecule has 0 aromatic heterocycles. The lowest BCUT2D eigenvalue weighted by atomic mass is 10.1. The highest BCUT2D eigenvalue weighted by Gasteiger charge is 2.34. The van der Waals surface area contributed by atoms with Crippen molar-refractivity contribution in [1.82, 2.24) is 10.2 Å². The summed E-state index contributed by atoms with van der Waals surface area (Å²) in [5.41, 5.74) is 0.137. The number of halogens is 2. The molecule has 3 rings (SSSR count). The molecule has 2 amide bonds. The van der Waals surface area contributed by atoms with E-state index in [9.17, 15) is 22.4 Å². The van der Waals surface area contributed by atoms with Gasteiger partial charge in [-0.15, -0.1) is 0 Å². The Hall–Kier alpha value is -4.03. The zero-order valence-electron chi connectivity index (χ0n) is 25.3. The van der Waals surface area contributed by atoms with Crippen LogP contribution in [0.1, 0.15) is 32.3 Å². The molecule has 0 aliphatic rings. The van der Waals surface area contributed by atoms with E-state index in [0.717, 1.165) is 22.0 Å². The van der Waals surface area contributed by atoms with Crippen LogP contribution in [0.4, 0.5) is 10.1 Å². The van der Waals surface area contributed by atoms with Crippen molar-refractivity contribution in [1.29, 1.82) is 0 Å². The van der Waals surface area contributed by atoms with Gasteiger partial charge in [0.15, 0.2) is 11.5 Å². The molecule has 238 valence electrons. The van der Waals surface area contributed by atoms with Gasteiger partial charge < -0.3 is 24.4 Å². The second-order valence-electron chi connectivity index (χ2n) is 9.78. The van der Waals surface area contributed by atoms with Crippen LogP contribution in [0, 0.1) is 5.82 Å². The maximum atomic E-state index is 14.7. The van der Waals surface area contributed by atoms with Gasteiger partial charge in [0.25, 0.3) is 10.0 Å². The molecule has 0 bridgehead atoms. The van der Waals surface area contributed by atoms with Gasteiger partial charge in [0.2, 0.25) is 11.8 Å². The van der Waals surface area contributed by atoms with Crippen LogP contribution in [-0.2, 0) is 26.2 Å². The number of amides is 2. The van der Waals surface area contributed by atoms with Gasteiger partial charge in [0.1, 0.15) is 24.2 Å². The van der Waals surface area contributed by atoms with Crippen molar-refractivity contribution in [3.63, 3.8) is 0 Å². The molecule has 3 aromatic carbocycles. The number of carbonyl (C=O) groups excluding carboxylic acids is 2. The highest BCUT2D eigenvalue weighted by molar-refractivity contribution is 7.92. The molecule has 0 aliphatic heterocycles. The summed E-state index contributed by atoms with van der Waals surface area (Å²) in [6, 6.07) is 13.1. The Kier molecular flexibility index (Phi) is 12.2. The number of hydrogen-bond donors (Lipinski definition) is 1. The molecule has 0 aliphatic carbocycles. The Morgan fingerprint density at radius 1 is 0.955 bits per heavy atom. The van der Waals surface area contributed by atoms with Crippen molar-refractivity contribution < 1.29 is 36.6 Å². The first-order valence-corrected chi connectivity index (χ1v) is 15.7. The van der Waals surface area contributed by atoms with E-state index in [1.54, 1.807) is 6.07 Å². The first-order chi connectivity index (χ1) is 21.0. The van der Waals surface area contributed by atoms with Gasteiger partial charge in [-0.1, -0.05) is 43.1 Å². The second kappa shape index (κ2) is 15.6. The van der Waals surface area contributed by atoms with E-state index in [-0.39, 0.29) is 39.2 Å². The molecule has 3 aromatic rings. The fourth-order valence-electron chi connectivity index (χ4n) is 4.40. The predicted octanol–water partition coefficient (Wildman–Crippen LogP) is 5.03. The van der Waals surface area contributed by atoms with Crippen LogP contribution in [0.15, 0.2) is 65.6 Å². The molecular weight excluding hydrogens is 613 g/mol. The summed E-state index contributed by atoms with van der Waals surface area (Å²) in [5, 5.41) is 2.98. The topological polar surface area (TPSA) is 114 Å². The summed E-state index contributed by atoms with van der Waals surface area (Å²) in [5.74, 6) is -1.23. The monoisotopic (exact) mass is 649 g/mol. The van der Waals surface area contributed by atoms with Crippen LogP contribution in [0.3, 0.4) is 0 Å². The van der Waals surface area contributed by atoms with Gasteiger partial charge in [-0.05, 0) is 49.7 Å². The highest BCUT2D eigenvalue weighted by Crippen LogP contribution is 2.37. The van der Waals surface area contributed by atoms with Crippen molar-refractivity contribution in [2.75, 3.05) is 38.7 Å². The fraction of sp³-hybridized carbons (Fsp3) is 0.355. The molecule has 0 heterocycles. The molecular formula is C31H37ClFN3O7S. The molecule has 0 spiro atoms. The quantitative estimate of drug-likeness (QED) is 0.230. The van der Waals surface area contributed by atoms with Gasteiger partial charge in [0.05, 0.1) is 31.9 Å². The number of unbranched alkanes of at least 4 members (excludes halogenated alkanes) is 1. The third-order valence-electron chi connectivity index (χ3n) is 6.93. The SMILES string of the molecule is CCCCNC(=O)[C@@H](C)N(Cc1ccccc1F)C(=O)CN(c1cc(Cl)ccc1OC)S(=O)(=O)c1ccc(OC)c(OC)c1. The van der Waals surface area contributed by atoms with E-state index in [0.29, 0.717) is 12.3 Å². The van der Waals surface area contributed by atoms with Crippen LogP contribution in [-0.4, -0.2) is 65.6 Å². The zero-order valence-corrected chi connectivity index (χ0v) is 26.9. The van der Waals surface area contributed by atoms with Crippen LogP contribution < -0.4 is 23.8 Å². The minimum atomic E-state index is -4.50. The number of carbonyl (C=O) groups is 2. The van der Waals surface area contributed by atoms with Gasteiger partial charge >= 0.3 is 0 Å². The summed E-state index contributed by atoms with van der Waals surface area (Å²) in [4.78, 5) is 28.1. The smallest absolute Gasteiger partial charge is 0.265 e. The normalized spacial score (nSPS) is 11.8. The number of sulfonamides is 1. The summed E-state index contributed by atoms with van der Waals surface area (Å²) in [6.07, 6.45) is 1.57. The molecule has 13 heteroatoms. The average molecular weight is 650 g/mol.